The van der Waals surface area contributed by atoms with Crippen molar-refractivity contribution in [2.45, 2.75) is 44.7 Å². The van der Waals surface area contributed by atoms with E-state index in [0.29, 0.717) is 5.56 Å². The van der Waals surface area contributed by atoms with Crippen LogP contribution < -0.4 is 5.32 Å². The average molecular weight is 584 g/mol. The van der Waals surface area contributed by atoms with Crippen molar-refractivity contribution in [3.8, 4) is 0 Å². The lowest BCUT2D eigenvalue weighted by atomic mass is 10.1. The molecule has 0 aliphatic carbocycles. The van der Waals surface area contributed by atoms with Gasteiger partial charge in [-0.25, -0.2) is 14.4 Å². The van der Waals surface area contributed by atoms with Crippen molar-refractivity contribution in [3.05, 3.63) is 88.0 Å². The lowest BCUT2D eigenvalue weighted by Gasteiger charge is -2.32. The number of hydrogen-bond acceptors (Lipinski definition) is 11. The van der Waals surface area contributed by atoms with Gasteiger partial charge in [-0.15, -0.1) is 0 Å². The fourth-order valence-corrected chi connectivity index (χ4v) is 4.21. The van der Waals surface area contributed by atoms with Gasteiger partial charge < -0.3 is 24.3 Å². The minimum absolute atomic E-state index is 0.111. The highest BCUT2D eigenvalue weighted by molar-refractivity contribution is 6.22. The fourth-order valence-electron chi connectivity index (χ4n) is 4.21. The quantitative estimate of drug-likeness (QED) is 0.0914. The molecule has 0 spiro atoms. The SMILES string of the molecule is C=CCOC(=O)[C@H](NC(=O)OCc1ccc([N+](=O)[O-])cc1)[C@H](C)O[C@H](C)[C@@H](C(=O)OC)N1C(=O)c2ccccc2C1=O. The van der Waals surface area contributed by atoms with Gasteiger partial charge in [0.1, 0.15) is 13.2 Å². The molecule has 3 rings (SSSR count). The zero-order valence-corrected chi connectivity index (χ0v) is 23.0. The highest BCUT2D eigenvalue weighted by atomic mass is 16.6. The van der Waals surface area contributed by atoms with Gasteiger partial charge in [0, 0.05) is 12.1 Å². The van der Waals surface area contributed by atoms with Crippen LogP contribution >= 0.6 is 0 Å². The molecule has 14 nitrogen and oxygen atoms in total. The molecule has 222 valence electrons. The second kappa shape index (κ2) is 14.0. The van der Waals surface area contributed by atoms with Crippen molar-refractivity contribution in [1.29, 1.82) is 0 Å². The summed E-state index contributed by atoms with van der Waals surface area (Å²) in [7, 11) is 1.08. The van der Waals surface area contributed by atoms with Crippen LogP contribution in [-0.2, 0) is 35.1 Å². The first-order chi connectivity index (χ1) is 20.0. The van der Waals surface area contributed by atoms with Crippen LogP contribution in [0.15, 0.2) is 61.2 Å². The van der Waals surface area contributed by atoms with Gasteiger partial charge in [0.15, 0.2) is 12.1 Å². The Balaban J connectivity index is 1.75. The Morgan fingerprint density at radius 3 is 2.10 bits per heavy atom. The lowest BCUT2D eigenvalue weighted by Crippen LogP contribution is -2.55. The standard InChI is InChI=1S/C28H29N3O11/c1-5-14-40-26(34)22(29-28(36)41-15-18-10-12-19(13-11-18)31(37)38)16(2)42-17(3)23(27(35)39-4)30-24(32)20-8-6-7-9-21(20)25(30)33/h5-13,16-17,22-23H,1,14-15H2,2-4H3,(H,29,36)/t16-,17+,22+,23-/m0/s1. The van der Waals surface area contributed by atoms with E-state index in [0.717, 1.165) is 12.0 Å². The first-order valence-corrected chi connectivity index (χ1v) is 12.6. The molecular weight excluding hydrogens is 554 g/mol. The molecule has 2 aromatic carbocycles. The number of benzene rings is 2. The molecule has 2 aromatic rings. The number of nitro benzene ring substituents is 1. The van der Waals surface area contributed by atoms with Crippen molar-refractivity contribution < 1.29 is 47.8 Å². The molecule has 0 radical (unpaired) electrons. The van der Waals surface area contributed by atoms with Crippen molar-refractivity contribution in [3.63, 3.8) is 0 Å². The summed E-state index contributed by atoms with van der Waals surface area (Å²) in [5, 5.41) is 13.2. The molecule has 1 heterocycles. The summed E-state index contributed by atoms with van der Waals surface area (Å²) in [6, 6.07) is 8.38. The van der Waals surface area contributed by atoms with Crippen LogP contribution in [0.5, 0.6) is 0 Å². The maximum Gasteiger partial charge on any atom is 0.408 e. The van der Waals surface area contributed by atoms with Gasteiger partial charge in [-0.2, -0.15) is 0 Å². The number of nitro groups is 1. The second-order valence-corrected chi connectivity index (χ2v) is 9.08. The third-order valence-electron chi connectivity index (χ3n) is 6.28. The van der Waals surface area contributed by atoms with Gasteiger partial charge in [-0.05, 0) is 43.7 Å². The van der Waals surface area contributed by atoms with Gasteiger partial charge in [0.05, 0.1) is 35.4 Å². The third kappa shape index (κ3) is 7.14. The predicted octanol–water partition coefficient (Wildman–Crippen LogP) is 2.55. The van der Waals surface area contributed by atoms with Crippen LogP contribution in [0.25, 0.3) is 0 Å². The Morgan fingerprint density at radius 1 is 0.976 bits per heavy atom. The van der Waals surface area contributed by atoms with Crippen molar-refractivity contribution in [2.24, 2.45) is 0 Å². The van der Waals surface area contributed by atoms with E-state index >= 15 is 0 Å². The monoisotopic (exact) mass is 583 g/mol. The van der Waals surface area contributed by atoms with Crippen molar-refractivity contribution >= 4 is 35.5 Å². The van der Waals surface area contributed by atoms with Gasteiger partial charge in [-0.3, -0.25) is 24.6 Å². The Kier molecular flexibility index (Phi) is 10.5. The largest absolute Gasteiger partial charge is 0.467 e. The van der Waals surface area contributed by atoms with E-state index in [4.69, 9.17) is 18.9 Å². The maximum atomic E-state index is 13.1. The average Bonchev–Trinajstić information content (AvgIpc) is 3.23. The zero-order chi connectivity index (χ0) is 31.0. The first kappa shape index (κ1) is 31.4. The van der Waals surface area contributed by atoms with Crippen LogP contribution in [0.2, 0.25) is 0 Å². The highest BCUT2D eigenvalue weighted by Crippen LogP contribution is 2.27. The van der Waals surface area contributed by atoms with Crippen molar-refractivity contribution in [2.75, 3.05) is 13.7 Å². The van der Waals surface area contributed by atoms with Gasteiger partial charge in [0.25, 0.3) is 17.5 Å². The second-order valence-electron chi connectivity index (χ2n) is 9.08. The summed E-state index contributed by atoms with van der Waals surface area (Å²) in [5.41, 5.74) is 0.529. The number of fused-ring (bicyclic) bond motifs is 1. The zero-order valence-electron chi connectivity index (χ0n) is 23.0. The molecular formula is C28H29N3O11. The number of imide groups is 1. The van der Waals surface area contributed by atoms with E-state index in [2.05, 4.69) is 11.9 Å². The number of ether oxygens (including phenoxy) is 4. The van der Waals surface area contributed by atoms with E-state index in [1.165, 1.54) is 56.3 Å². The summed E-state index contributed by atoms with van der Waals surface area (Å²) in [6.07, 6.45) is -2.11. The molecule has 3 amide bonds. The highest BCUT2D eigenvalue weighted by Gasteiger charge is 2.47. The summed E-state index contributed by atoms with van der Waals surface area (Å²) >= 11 is 0. The number of rotatable bonds is 13. The number of amides is 3. The maximum absolute atomic E-state index is 13.1. The number of hydrogen-bond donors (Lipinski definition) is 1. The molecule has 14 heteroatoms. The van der Waals surface area contributed by atoms with E-state index in [1.807, 2.05) is 0 Å². The summed E-state index contributed by atoms with van der Waals surface area (Å²) in [5.74, 6) is -3.30. The minimum atomic E-state index is -1.52. The van der Waals surface area contributed by atoms with Gasteiger partial charge >= 0.3 is 18.0 Å². The molecule has 0 saturated heterocycles. The van der Waals surface area contributed by atoms with Crippen LogP contribution in [0.1, 0.15) is 40.1 Å². The molecule has 0 unspecified atom stereocenters. The Hall–Kier alpha value is -5.11. The van der Waals surface area contributed by atoms with Crippen LogP contribution in [-0.4, -0.2) is 77.7 Å². The fraction of sp³-hybridized carbons (Fsp3) is 0.321. The number of nitrogens with one attached hydrogen (secondary N) is 1. The van der Waals surface area contributed by atoms with Crippen LogP contribution in [0.4, 0.5) is 10.5 Å². The lowest BCUT2D eigenvalue weighted by molar-refractivity contribution is -0.384. The third-order valence-corrected chi connectivity index (χ3v) is 6.28. The first-order valence-electron chi connectivity index (χ1n) is 12.6. The molecule has 0 fully saturated rings. The molecule has 42 heavy (non-hydrogen) atoms. The van der Waals surface area contributed by atoms with E-state index < -0.39 is 59.1 Å². The van der Waals surface area contributed by atoms with E-state index in [-0.39, 0.29) is 30.0 Å². The number of carbonyl (C=O) groups is 5. The Morgan fingerprint density at radius 2 is 1.57 bits per heavy atom. The van der Waals surface area contributed by atoms with Crippen molar-refractivity contribution in [1.82, 2.24) is 10.2 Å². The number of alkyl carbamates (subject to hydrolysis) is 1. The summed E-state index contributed by atoms with van der Waals surface area (Å²) < 4.78 is 21.0. The van der Waals surface area contributed by atoms with Gasteiger partial charge in [-0.1, -0.05) is 24.8 Å². The molecule has 4 atom stereocenters. The number of methoxy groups -OCH3 is 1. The minimum Gasteiger partial charge on any atom is -0.467 e. The number of non-ortho nitro benzene ring substituents is 1. The molecule has 0 saturated carbocycles. The van der Waals surface area contributed by atoms with Gasteiger partial charge in [0.2, 0.25) is 0 Å². The van der Waals surface area contributed by atoms with E-state index in [9.17, 15) is 34.1 Å². The smallest absolute Gasteiger partial charge is 0.408 e. The Labute approximate surface area is 240 Å². The normalized spacial score (nSPS) is 15.1. The number of carbonyl (C=O) groups excluding carboxylic acids is 5. The summed E-state index contributed by atoms with van der Waals surface area (Å²) in [6.45, 7) is 5.83. The molecule has 0 bridgehead atoms. The Bertz CT molecular complexity index is 1340. The summed E-state index contributed by atoms with van der Waals surface area (Å²) in [4.78, 5) is 75.3. The molecule has 1 aliphatic heterocycles. The topological polar surface area (TPSA) is 181 Å². The van der Waals surface area contributed by atoms with Crippen LogP contribution in [0.3, 0.4) is 0 Å². The molecule has 1 N–H and O–H groups in total. The van der Waals surface area contributed by atoms with Crippen LogP contribution in [0, 0.1) is 10.1 Å². The van der Waals surface area contributed by atoms with E-state index in [1.54, 1.807) is 12.1 Å². The molecule has 0 aromatic heterocycles. The molecule has 1 aliphatic rings. The number of esters is 2. The predicted molar refractivity (Wildman–Crippen MR) is 144 cm³/mol. The number of nitrogens with zero attached hydrogens (tertiary/aromatic N) is 2.